The third-order valence-electron chi connectivity index (χ3n) is 4.09. The smallest absolute Gasteiger partial charge is 0.408 e. The Labute approximate surface area is 158 Å². The predicted octanol–water partition coefficient (Wildman–Crippen LogP) is 3.62. The van der Waals surface area contributed by atoms with E-state index in [1.54, 1.807) is 0 Å². The van der Waals surface area contributed by atoms with Crippen LogP contribution < -0.4 is 5.76 Å². The third-order valence-corrected chi connectivity index (χ3v) is 4.09. The van der Waals surface area contributed by atoms with E-state index in [0.717, 1.165) is 16.7 Å². The Balaban J connectivity index is 1.64. The number of fused-ring (bicyclic) bond motifs is 1. The molecule has 0 saturated heterocycles. The number of halogens is 3. The van der Waals surface area contributed by atoms with E-state index in [1.807, 2.05) is 0 Å². The van der Waals surface area contributed by atoms with Crippen LogP contribution in [0.4, 0.5) is 18.9 Å². The number of oxazole rings is 1. The molecule has 9 nitrogen and oxygen atoms in total. The highest BCUT2D eigenvalue weighted by molar-refractivity contribution is 5.76. The molecule has 12 heteroatoms. The molecule has 0 fully saturated rings. The quantitative estimate of drug-likeness (QED) is 0.375. The normalized spacial score (nSPS) is 11.8. The van der Waals surface area contributed by atoms with Crippen LogP contribution in [0.15, 0.2) is 56.2 Å². The number of aromatic nitrogens is 3. The van der Waals surface area contributed by atoms with Crippen LogP contribution in [-0.2, 0) is 12.7 Å². The first-order valence-corrected chi connectivity index (χ1v) is 8.00. The number of rotatable bonds is 4. The molecule has 0 N–H and O–H groups in total. The Morgan fingerprint density at radius 2 is 1.86 bits per heavy atom. The summed E-state index contributed by atoms with van der Waals surface area (Å²) in [6.07, 6.45) is -4.47. The molecule has 0 aliphatic rings. The van der Waals surface area contributed by atoms with Crippen LogP contribution in [0.25, 0.3) is 22.5 Å². The first-order valence-electron chi connectivity index (χ1n) is 8.00. The van der Waals surface area contributed by atoms with E-state index < -0.39 is 22.4 Å². The molecule has 148 valence electrons. The van der Waals surface area contributed by atoms with Crippen molar-refractivity contribution in [2.24, 2.45) is 0 Å². The van der Waals surface area contributed by atoms with Crippen molar-refractivity contribution in [1.29, 1.82) is 0 Å². The van der Waals surface area contributed by atoms with Crippen molar-refractivity contribution in [1.82, 2.24) is 14.7 Å². The molecule has 4 aromatic rings. The Bertz CT molecular complexity index is 1270. The van der Waals surface area contributed by atoms with Crippen molar-refractivity contribution in [2.75, 3.05) is 0 Å². The van der Waals surface area contributed by atoms with Crippen molar-refractivity contribution in [3.05, 3.63) is 74.6 Å². The Morgan fingerprint density at radius 1 is 1.14 bits per heavy atom. The first kappa shape index (κ1) is 18.4. The molecule has 0 radical (unpaired) electrons. The van der Waals surface area contributed by atoms with Crippen LogP contribution in [-0.4, -0.2) is 19.6 Å². The average molecular weight is 406 g/mol. The van der Waals surface area contributed by atoms with E-state index >= 15 is 0 Å². The molecule has 0 spiro atoms. The van der Waals surface area contributed by atoms with Gasteiger partial charge < -0.3 is 8.94 Å². The van der Waals surface area contributed by atoms with E-state index in [-0.39, 0.29) is 40.6 Å². The monoisotopic (exact) mass is 406 g/mol. The lowest BCUT2D eigenvalue weighted by atomic mass is 10.1. The van der Waals surface area contributed by atoms with Crippen molar-refractivity contribution < 1.29 is 27.0 Å². The average Bonchev–Trinajstić information content (AvgIpc) is 3.26. The minimum Gasteiger partial charge on any atom is -0.408 e. The standard InChI is InChI=1S/C17H9F3N4O5/c18-17(19,20)10-3-1-9(2-4-10)15-21-14(29-22-15)8-23-12-7-11(24(26)27)5-6-13(12)28-16(23)25/h1-7H,8H2. The SMILES string of the molecule is O=c1oc2ccc([N+](=O)[O-])cc2n1Cc1nc(-c2ccc(C(F)(F)F)cc2)no1. The van der Waals surface area contributed by atoms with Gasteiger partial charge in [-0.25, -0.2) is 4.79 Å². The summed E-state index contributed by atoms with van der Waals surface area (Å²) in [5.74, 6) is -0.786. The van der Waals surface area contributed by atoms with Crippen LogP contribution >= 0.6 is 0 Å². The highest BCUT2D eigenvalue weighted by atomic mass is 19.4. The zero-order valence-corrected chi connectivity index (χ0v) is 14.2. The number of non-ortho nitro benzene ring substituents is 1. The zero-order valence-electron chi connectivity index (χ0n) is 14.2. The number of hydrogen-bond acceptors (Lipinski definition) is 7. The van der Waals surface area contributed by atoms with E-state index in [4.69, 9.17) is 8.94 Å². The fourth-order valence-corrected chi connectivity index (χ4v) is 2.69. The van der Waals surface area contributed by atoms with Crippen molar-refractivity contribution in [2.45, 2.75) is 12.7 Å². The number of alkyl halides is 3. The summed E-state index contributed by atoms with van der Waals surface area (Å²) in [5, 5.41) is 14.6. The van der Waals surface area contributed by atoms with Gasteiger partial charge in [-0.2, -0.15) is 18.2 Å². The topological polar surface area (TPSA) is 117 Å². The largest absolute Gasteiger partial charge is 0.420 e. The maximum absolute atomic E-state index is 12.6. The van der Waals surface area contributed by atoms with Crippen LogP contribution in [0.1, 0.15) is 11.5 Å². The van der Waals surface area contributed by atoms with Gasteiger partial charge in [0.05, 0.1) is 16.0 Å². The van der Waals surface area contributed by atoms with Crippen molar-refractivity contribution in [3.63, 3.8) is 0 Å². The van der Waals surface area contributed by atoms with Gasteiger partial charge >= 0.3 is 11.9 Å². The minimum atomic E-state index is -4.47. The third kappa shape index (κ3) is 3.47. The second kappa shape index (κ2) is 6.58. The van der Waals surface area contributed by atoms with E-state index in [2.05, 4.69) is 10.1 Å². The summed E-state index contributed by atoms with van der Waals surface area (Å²) in [4.78, 5) is 26.4. The van der Waals surface area contributed by atoms with Gasteiger partial charge in [0.1, 0.15) is 6.54 Å². The predicted molar refractivity (Wildman–Crippen MR) is 91.0 cm³/mol. The maximum atomic E-state index is 12.6. The molecule has 0 aliphatic carbocycles. The first-order chi connectivity index (χ1) is 13.7. The molecule has 2 heterocycles. The summed E-state index contributed by atoms with van der Waals surface area (Å²) in [7, 11) is 0. The molecule has 0 atom stereocenters. The summed E-state index contributed by atoms with van der Waals surface area (Å²) in [6, 6.07) is 7.84. The molecular weight excluding hydrogens is 397 g/mol. The summed E-state index contributed by atoms with van der Waals surface area (Å²) < 4.78 is 49.1. The Kier molecular flexibility index (Phi) is 4.18. The lowest BCUT2D eigenvalue weighted by Gasteiger charge is -2.05. The van der Waals surface area contributed by atoms with Crippen LogP contribution in [0.2, 0.25) is 0 Å². The van der Waals surface area contributed by atoms with E-state index in [0.29, 0.717) is 0 Å². The molecular formula is C17H9F3N4O5. The second-order valence-electron chi connectivity index (χ2n) is 5.95. The number of nitrogens with zero attached hydrogens (tertiary/aromatic N) is 4. The van der Waals surface area contributed by atoms with E-state index in [9.17, 15) is 28.1 Å². The van der Waals surface area contributed by atoms with Gasteiger partial charge in [0.25, 0.3) is 5.69 Å². The highest BCUT2D eigenvalue weighted by Crippen LogP contribution is 2.30. The number of benzene rings is 2. The fraction of sp³-hybridized carbons (Fsp3) is 0.118. The van der Waals surface area contributed by atoms with Gasteiger partial charge in [0.15, 0.2) is 5.58 Å². The molecule has 4 rings (SSSR count). The van der Waals surface area contributed by atoms with Crippen LogP contribution in [0, 0.1) is 10.1 Å². The van der Waals surface area contributed by atoms with Gasteiger partial charge in [0.2, 0.25) is 11.7 Å². The molecule has 0 amide bonds. The molecule has 0 bridgehead atoms. The molecule has 0 unspecified atom stereocenters. The van der Waals surface area contributed by atoms with Gasteiger partial charge in [-0.05, 0) is 18.2 Å². The zero-order chi connectivity index (χ0) is 20.8. The van der Waals surface area contributed by atoms with Crippen molar-refractivity contribution in [3.8, 4) is 11.4 Å². The van der Waals surface area contributed by atoms with Crippen LogP contribution in [0.5, 0.6) is 0 Å². The molecule has 0 saturated carbocycles. The maximum Gasteiger partial charge on any atom is 0.420 e. The second-order valence-corrected chi connectivity index (χ2v) is 5.95. The Hall–Kier alpha value is -3.96. The van der Waals surface area contributed by atoms with E-state index in [1.165, 1.54) is 30.3 Å². The van der Waals surface area contributed by atoms with Gasteiger partial charge in [-0.3, -0.25) is 14.7 Å². The summed E-state index contributed by atoms with van der Waals surface area (Å²) >= 11 is 0. The lowest BCUT2D eigenvalue weighted by molar-refractivity contribution is -0.384. The molecule has 29 heavy (non-hydrogen) atoms. The molecule has 2 aromatic heterocycles. The molecule has 0 aliphatic heterocycles. The number of nitro benzene ring substituents is 1. The van der Waals surface area contributed by atoms with Crippen molar-refractivity contribution >= 4 is 16.8 Å². The van der Waals surface area contributed by atoms with Gasteiger partial charge in [-0.1, -0.05) is 17.3 Å². The highest BCUT2D eigenvalue weighted by Gasteiger charge is 2.30. The van der Waals surface area contributed by atoms with Crippen LogP contribution in [0.3, 0.4) is 0 Å². The fourth-order valence-electron chi connectivity index (χ4n) is 2.69. The summed E-state index contributed by atoms with van der Waals surface area (Å²) in [5.41, 5.74) is -0.458. The number of nitro groups is 1. The Morgan fingerprint density at radius 3 is 2.52 bits per heavy atom. The number of hydrogen-bond donors (Lipinski definition) is 0. The summed E-state index contributed by atoms with van der Waals surface area (Å²) in [6.45, 7) is -0.235. The van der Waals surface area contributed by atoms with Gasteiger partial charge in [0, 0.05) is 17.7 Å². The minimum absolute atomic E-state index is 0.0283. The molecule has 2 aromatic carbocycles. The lowest BCUT2D eigenvalue weighted by Crippen LogP contribution is -2.15. The van der Waals surface area contributed by atoms with Gasteiger partial charge in [-0.15, -0.1) is 0 Å².